The fourth-order valence-corrected chi connectivity index (χ4v) is 2.29. The molecule has 28 heavy (non-hydrogen) atoms. The Balaban J connectivity index is 1.67. The second kappa shape index (κ2) is 8.76. The SMILES string of the molecule is COc1cc(C=NNc2nc(=O)[nH]nc2C)ccc1OCc1ccc(F)cc1. The number of hydrogen-bond donors (Lipinski definition) is 2. The zero-order valence-electron chi connectivity index (χ0n) is 15.3. The van der Waals surface area contributed by atoms with Crippen LogP contribution in [-0.4, -0.2) is 28.5 Å². The normalized spacial score (nSPS) is 10.8. The molecule has 0 aliphatic carbocycles. The highest BCUT2D eigenvalue weighted by atomic mass is 19.1. The molecule has 0 fully saturated rings. The van der Waals surface area contributed by atoms with E-state index in [1.165, 1.54) is 19.2 Å². The topological polar surface area (TPSA) is 101 Å². The first-order chi connectivity index (χ1) is 13.5. The molecule has 0 spiro atoms. The molecule has 9 heteroatoms. The summed E-state index contributed by atoms with van der Waals surface area (Å²) in [4.78, 5) is 15.0. The van der Waals surface area contributed by atoms with Gasteiger partial charge in [0.2, 0.25) is 0 Å². The van der Waals surface area contributed by atoms with Crippen molar-refractivity contribution in [1.29, 1.82) is 0 Å². The fraction of sp³-hybridized carbons (Fsp3) is 0.158. The van der Waals surface area contributed by atoms with Gasteiger partial charge in [0.1, 0.15) is 18.1 Å². The van der Waals surface area contributed by atoms with Crippen LogP contribution in [-0.2, 0) is 6.61 Å². The average Bonchev–Trinajstić information content (AvgIpc) is 2.70. The monoisotopic (exact) mass is 383 g/mol. The first-order valence-corrected chi connectivity index (χ1v) is 8.33. The molecule has 0 atom stereocenters. The molecule has 0 bridgehead atoms. The first-order valence-electron chi connectivity index (χ1n) is 8.33. The summed E-state index contributed by atoms with van der Waals surface area (Å²) in [5, 5.41) is 10.1. The Morgan fingerprint density at radius 1 is 1.21 bits per heavy atom. The molecule has 2 aromatic carbocycles. The van der Waals surface area contributed by atoms with E-state index in [4.69, 9.17) is 9.47 Å². The van der Waals surface area contributed by atoms with Crippen LogP contribution in [0.3, 0.4) is 0 Å². The summed E-state index contributed by atoms with van der Waals surface area (Å²) in [6.45, 7) is 1.98. The van der Waals surface area contributed by atoms with Crippen molar-refractivity contribution in [2.75, 3.05) is 12.5 Å². The van der Waals surface area contributed by atoms with E-state index in [0.717, 1.165) is 11.1 Å². The van der Waals surface area contributed by atoms with Crippen molar-refractivity contribution < 1.29 is 13.9 Å². The van der Waals surface area contributed by atoms with Crippen LogP contribution in [0.5, 0.6) is 11.5 Å². The second-order valence-corrected chi connectivity index (χ2v) is 5.77. The number of nitrogens with zero attached hydrogens (tertiary/aromatic N) is 3. The lowest BCUT2D eigenvalue weighted by Crippen LogP contribution is -2.15. The van der Waals surface area contributed by atoms with E-state index in [1.54, 1.807) is 43.5 Å². The second-order valence-electron chi connectivity index (χ2n) is 5.77. The molecule has 1 heterocycles. The van der Waals surface area contributed by atoms with Gasteiger partial charge in [-0.15, -0.1) is 0 Å². The molecule has 0 aliphatic heterocycles. The minimum absolute atomic E-state index is 0.270. The van der Waals surface area contributed by atoms with Gasteiger partial charge in [-0.2, -0.15) is 15.2 Å². The summed E-state index contributed by atoms with van der Waals surface area (Å²) in [7, 11) is 1.54. The molecule has 0 saturated heterocycles. The summed E-state index contributed by atoms with van der Waals surface area (Å²) in [5.74, 6) is 1.05. The number of aryl methyl sites for hydroxylation is 1. The maximum atomic E-state index is 13.0. The average molecular weight is 383 g/mol. The number of methoxy groups -OCH3 is 1. The van der Waals surface area contributed by atoms with Crippen molar-refractivity contribution in [1.82, 2.24) is 15.2 Å². The lowest BCUT2D eigenvalue weighted by Gasteiger charge is -2.11. The maximum Gasteiger partial charge on any atom is 0.363 e. The predicted octanol–water partition coefficient (Wildman–Crippen LogP) is 2.65. The molecular weight excluding hydrogens is 365 g/mol. The minimum atomic E-state index is -0.562. The molecule has 144 valence electrons. The smallest absolute Gasteiger partial charge is 0.363 e. The van der Waals surface area contributed by atoms with Gasteiger partial charge in [-0.1, -0.05) is 12.1 Å². The van der Waals surface area contributed by atoms with Crippen LogP contribution in [0, 0.1) is 12.7 Å². The Morgan fingerprint density at radius 2 is 2.00 bits per heavy atom. The number of benzene rings is 2. The van der Waals surface area contributed by atoms with E-state index < -0.39 is 5.69 Å². The number of ether oxygens (including phenoxy) is 2. The van der Waals surface area contributed by atoms with Gasteiger partial charge in [0.05, 0.1) is 13.3 Å². The summed E-state index contributed by atoms with van der Waals surface area (Å²) >= 11 is 0. The molecular formula is C19H18FN5O3. The van der Waals surface area contributed by atoms with Gasteiger partial charge in [-0.25, -0.2) is 14.3 Å². The van der Waals surface area contributed by atoms with Crippen LogP contribution < -0.4 is 20.6 Å². The van der Waals surface area contributed by atoms with Crippen LogP contribution >= 0.6 is 0 Å². The van der Waals surface area contributed by atoms with Crippen LogP contribution in [0.1, 0.15) is 16.8 Å². The highest BCUT2D eigenvalue weighted by Crippen LogP contribution is 2.28. The molecule has 8 nitrogen and oxygen atoms in total. The summed E-state index contributed by atoms with van der Waals surface area (Å²) in [6, 6.07) is 11.4. The third-order valence-corrected chi connectivity index (χ3v) is 3.75. The van der Waals surface area contributed by atoms with Crippen molar-refractivity contribution in [2.45, 2.75) is 13.5 Å². The van der Waals surface area contributed by atoms with Crippen molar-refractivity contribution in [3.8, 4) is 11.5 Å². The fourth-order valence-electron chi connectivity index (χ4n) is 2.29. The van der Waals surface area contributed by atoms with Gasteiger partial charge in [-0.05, 0) is 48.4 Å². The highest BCUT2D eigenvalue weighted by molar-refractivity contribution is 5.81. The molecule has 0 unspecified atom stereocenters. The zero-order chi connectivity index (χ0) is 19.9. The molecule has 3 rings (SSSR count). The number of aromatic amines is 1. The van der Waals surface area contributed by atoms with Crippen molar-refractivity contribution in [2.24, 2.45) is 5.10 Å². The number of hydrogen-bond acceptors (Lipinski definition) is 7. The van der Waals surface area contributed by atoms with Gasteiger partial charge in [0.15, 0.2) is 17.3 Å². The quantitative estimate of drug-likeness (QED) is 0.480. The van der Waals surface area contributed by atoms with Gasteiger partial charge in [0, 0.05) is 0 Å². The Morgan fingerprint density at radius 3 is 2.75 bits per heavy atom. The van der Waals surface area contributed by atoms with Crippen LogP contribution in [0.15, 0.2) is 52.4 Å². The molecule has 0 aliphatic rings. The molecule has 3 aromatic rings. The number of aromatic nitrogens is 3. The van der Waals surface area contributed by atoms with Crippen molar-refractivity contribution in [3.63, 3.8) is 0 Å². The number of halogens is 1. The van der Waals surface area contributed by atoms with E-state index in [2.05, 4.69) is 25.7 Å². The molecule has 0 saturated carbocycles. The highest BCUT2D eigenvalue weighted by Gasteiger charge is 2.06. The summed E-state index contributed by atoms with van der Waals surface area (Å²) in [5.41, 5.74) is 4.21. The predicted molar refractivity (Wildman–Crippen MR) is 102 cm³/mol. The third kappa shape index (κ3) is 4.91. The van der Waals surface area contributed by atoms with Gasteiger partial charge in [-0.3, -0.25) is 5.43 Å². The Hall–Kier alpha value is -3.75. The van der Waals surface area contributed by atoms with E-state index >= 15 is 0 Å². The minimum Gasteiger partial charge on any atom is -0.493 e. The largest absolute Gasteiger partial charge is 0.493 e. The number of H-pyrrole nitrogens is 1. The standard InChI is InChI=1S/C19H18FN5O3/c1-12-18(22-19(26)25-23-12)24-21-10-14-5-8-16(17(9-14)27-2)28-11-13-3-6-15(20)7-4-13/h3-10H,11H2,1-2H3,(H2,22,24,25,26). The molecule has 2 N–H and O–H groups in total. The van der Waals surface area contributed by atoms with Crippen LogP contribution in [0.2, 0.25) is 0 Å². The number of rotatable bonds is 7. The van der Waals surface area contributed by atoms with Gasteiger partial charge < -0.3 is 9.47 Å². The lowest BCUT2D eigenvalue weighted by atomic mass is 10.2. The van der Waals surface area contributed by atoms with E-state index in [9.17, 15) is 9.18 Å². The number of anilines is 1. The lowest BCUT2D eigenvalue weighted by molar-refractivity contribution is 0.284. The number of hydrazone groups is 1. The van der Waals surface area contributed by atoms with Crippen molar-refractivity contribution >= 4 is 12.0 Å². The third-order valence-electron chi connectivity index (χ3n) is 3.75. The molecule has 1 aromatic heterocycles. The summed E-state index contributed by atoms with van der Waals surface area (Å²) < 4.78 is 24.1. The Bertz CT molecular complexity index is 1030. The Kier molecular flexibility index (Phi) is 5.95. The first kappa shape index (κ1) is 19.0. The van der Waals surface area contributed by atoms with E-state index in [-0.39, 0.29) is 18.2 Å². The Labute approximate surface area is 160 Å². The number of nitrogens with one attached hydrogen (secondary N) is 2. The van der Waals surface area contributed by atoms with Gasteiger partial charge in [0.25, 0.3) is 0 Å². The van der Waals surface area contributed by atoms with Crippen molar-refractivity contribution in [3.05, 3.63) is 75.6 Å². The zero-order valence-corrected chi connectivity index (χ0v) is 15.3. The van der Waals surface area contributed by atoms with E-state index in [0.29, 0.717) is 17.2 Å². The summed E-state index contributed by atoms with van der Waals surface area (Å²) in [6.07, 6.45) is 1.55. The van der Waals surface area contributed by atoms with E-state index in [1.807, 2.05) is 0 Å². The van der Waals surface area contributed by atoms with Crippen LogP contribution in [0.25, 0.3) is 0 Å². The van der Waals surface area contributed by atoms with Crippen LogP contribution in [0.4, 0.5) is 10.2 Å². The molecule has 0 amide bonds. The van der Waals surface area contributed by atoms with Gasteiger partial charge >= 0.3 is 5.69 Å². The maximum absolute atomic E-state index is 13.0. The molecule has 0 radical (unpaired) electrons.